The second-order valence-electron chi connectivity index (χ2n) is 9.27. The van der Waals surface area contributed by atoms with E-state index in [0.29, 0.717) is 48.2 Å². The average Bonchev–Trinajstić information content (AvgIpc) is 2.90. The highest BCUT2D eigenvalue weighted by Gasteiger charge is 2.25. The molecule has 1 fully saturated rings. The van der Waals surface area contributed by atoms with Crippen LogP contribution in [0.4, 0.5) is 17.2 Å². The number of nitrogens with two attached hydrogens (primary N) is 1. The number of amides is 2. The zero-order chi connectivity index (χ0) is 25.7. The van der Waals surface area contributed by atoms with Crippen LogP contribution < -0.4 is 16.0 Å². The first-order chi connectivity index (χ1) is 17.4. The number of nitrogen functional groups attached to an aromatic ring is 1. The van der Waals surface area contributed by atoms with E-state index in [0.717, 1.165) is 24.1 Å². The van der Waals surface area contributed by atoms with Crippen LogP contribution in [0.1, 0.15) is 50.6 Å². The molecule has 8 nitrogen and oxygen atoms in total. The van der Waals surface area contributed by atoms with E-state index in [1.165, 1.54) is 11.8 Å². The summed E-state index contributed by atoms with van der Waals surface area (Å²) in [5.41, 5.74) is 10.3. The smallest absolute Gasteiger partial charge is 0.257 e. The van der Waals surface area contributed by atoms with Crippen molar-refractivity contribution in [2.75, 3.05) is 49.2 Å². The Morgan fingerprint density at radius 2 is 1.78 bits per heavy atom. The Labute approximate surface area is 211 Å². The van der Waals surface area contributed by atoms with E-state index in [-0.39, 0.29) is 18.4 Å². The molecule has 1 aliphatic heterocycles. The molecule has 3 aromatic rings. The fourth-order valence-corrected chi connectivity index (χ4v) is 4.46. The highest BCUT2D eigenvalue weighted by atomic mass is 16.3. The lowest BCUT2D eigenvalue weighted by molar-refractivity contribution is 0.0712. The molecule has 2 amide bonds. The van der Waals surface area contributed by atoms with Gasteiger partial charge in [-0.1, -0.05) is 18.2 Å². The van der Waals surface area contributed by atoms with Gasteiger partial charge in [0.2, 0.25) is 0 Å². The number of pyridine rings is 1. The lowest BCUT2D eigenvalue weighted by atomic mass is 9.89. The predicted molar refractivity (Wildman–Crippen MR) is 142 cm³/mol. The highest BCUT2D eigenvalue weighted by Crippen LogP contribution is 2.29. The van der Waals surface area contributed by atoms with Crippen molar-refractivity contribution in [1.82, 2.24) is 9.88 Å². The Hall–Kier alpha value is -3.91. The summed E-state index contributed by atoms with van der Waals surface area (Å²) in [5, 5.41) is 12.0. The maximum absolute atomic E-state index is 13.2. The van der Waals surface area contributed by atoms with Gasteiger partial charge in [-0.25, -0.2) is 4.98 Å². The third kappa shape index (κ3) is 5.83. The average molecular weight is 488 g/mol. The van der Waals surface area contributed by atoms with E-state index in [4.69, 9.17) is 10.8 Å². The molecule has 0 atom stereocenters. The number of likely N-dealkylation sites (N-methyl/N-ethyl adjacent to an activating group) is 1. The first-order valence-electron chi connectivity index (χ1n) is 12.2. The molecule has 0 aliphatic carbocycles. The van der Waals surface area contributed by atoms with Crippen LogP contribution in [0.25, 0.3) is 0 Å². The van der Waals surface area contributed by atoms with Crippen LogP contribution in [0.5, 0.6) is 0 Å². The van der Waals surface area contributed by atoms with Crippen molar-refractivity contribution in [2.24, 2.45) is 0 Å². The Morgan fingerprint density at radius 3 is 2.42 bits per heavy atom. The van der Waals surface area contributed by atoms with Crippen LogP contribution in [0.3, 0.4) is 0 Å². The molecule has 4 N–H and O–H groups in total. The van der Waals surface area contributed by atoms with Crippen molar-refractivity contribution in [3.63, 3.8) is 0 Å². The monoisotopic (exact) mass is 487 g/mol. The fraction of sp³-hybridized carbons (Fsp3) is 0.321. The Morgan fingerprint density at radius 1 is 1.08 bits per heavy atom. The van der Waals surface area contributed by atoms with Crippen molar-refractivity contribution in [3.05, 3.63) is 83.0 Å². The van der Waals surface area contributed by atoms with E-state index in [9.17, 15) is 9.59 Å². The van der Waals surface area contributed by atoms with Gasteiger partial charge in [-0.2, -0.15) is 0 Å². The zero-order valence-corrected chi connectivity index (χ0v) is 20.8. The number of aryl methyl sites for hydroxylation is 1. The van der Waals surface area contributed by atoms with Crippen molar-refractivity contribution in [1.29, 1.82) is 0 Å². The molecule has 4 rings (SSSR count). The number of benzene rings is 2. The number of carbonyl (C=O) groups is 2. The van der Waals surface area contributed by atoms with Crippen LogP contribution in [-0.2, 0) is 0 Å². The van der Waals surface area contributed by atoms with Crippen LogP contribution in [0.15, 0.2) is 60.8 Å². The Kier molecular flexibility index (Phi) is 7.85. The van der Waals surface area contributed by atoms with Crippen LogP contribution in [0.2, 0.25) is 0 Å². The minimum Gasteiger partial charge on any atom is -0.399 e. The van der Waals surface area contributed by atoms with Crippen molar-refractivity contribution in [3.8, 4) is 0 Å². The number of piperidine rings is 1. The summed E-state index contributed by atoms with van der Waals surface area (Å²) in [6, 6.07) is 16.9. The summed E-state index contributed by atoms with van der Waals surface area (Å²) in [6.45, 7) is 3.75. The summed E-state index contributed by atoms with van der Waals surface area (Å²) in [6.07, 6.45) is 3.32. The summed E-state index contributed by atoms with van der Waals surface area (Å²) in [4.78, 5) is 34.1. The number of aromatic nitrogens is 1. The molecule has 0 radical (unpaired) electrons. The molecule has 2 heterocycles. The highest BCUT2D eigenvalue weighted by molar-refractivity contribution is 6.05. The van der Waals surface area contributed by atoms with Gasteiger partial charge in [-0.15, -0.1) is 0 Å². The second-order valence-corrected chi connectivity index (χ2v) is 9.27. The SMILES string of the molecule is Cc1ccc(C(=O)N2CCC(c3ccc(N)cc3)CC2)cc1NC(=O)c1ccc(N(C)CCO)nc1. The molecule has 0 bridgehead atoms. The quantitative estimate of drug-likeness (QED) is 0.439. The van der Waals surface area contributed by atoms with E-state index in [1.54, 1.807) is 23.1 Å². The van der Waals surface area contributed by atoms with Crippen molar-refractivity contribution >= 4 is 29.0 Å². The van der Waals surface area contributed by atoms with Gasteiger partial charge in [0.15, 0.2) is 0 Å². The number of nitrogens with zero attached hydrogens (tertiary/aromatic N) is 3. The molecule has 1 aliphatic rings. The number of hydrogen-bond acceptors (Lipinski definition) is 6. The molecule has 36 heavy (non-hydrogen) atoms. The van der Waals surface area contributed by atoms with Gasteiger partial charge in [0.25, 0.3) is 11.8 Å². The number of nitrogens with one attached hydrogen (secondary N) is 1. The number of aliphatic hydroxyl groups excluding tert-OH is 1. The van der Waals surface area contributed by atoms with Crippen LogP contribution in [0, 0.1) is 6.92 Å². The maximum Gasteiger partial charge on any atom is 0.257 e. The topological polar surface area (TPSA) is 112 Å². The maximum atomic E-state index is 13.2. The zero-order valence-electron chi connectivity index (χ0n) is 20.8. The van der Waals surface area contributed by atoms with Gasteiger partial charge >= 0.3 is 0 Å². The van der Waals surface area contributed by atoms with Gasteiger partial charge in [-0.05, 0) is 73.2 Å². The molecular formula is C28H33N5O3. The molecule has 1 saturated heterocycles. The molecule has 1 aromatic heterocycles. The first-order valence-corrected chi connectivity index (χ1v) is 12.2. The number of likely N-dealkylation sites (tertiary alicyclic amines) is 1. The lowest BCUT2D eigenvalue weighted by Gasteiger charge is -2.32. The van der Waals surface area contributed by atoms with E-state index in [2.05, 4.69) is 22.4 Å². The van der Waals surface area contributed by atoms with E-state index >= 15 is 0 Å². The molecule has 0 saturated carbocycles. The molecule has 0 unspecified atom stereocenters. The summed E-state index contributed by atoms with van der Waals surface area (Å²) < 4.78 is 0. The second kappa shape index (κ2) is 11.2. The van der Waals surface area contributed by atoms with Gasteiger partial charge in [0, 0.05) is 49.8 Å². The Balaban J connectivity index is 1.40. The van der Waals surface area contributed by atoms with E-state index in [1.807, 2.05) is 43.1 Å². The fourth-order valence-electron chi connectivity index (χ4n) is 4.46. The Bertz CT molecular complexity index is 1200. The van der Waals surface area contributed by atoms with Gasteiger partial charge in [-0.3, -0.25) is 9.59 Å². The minimum atomic E-state index is -0.295. The van der Waals surface area contributed by atoms with E-state index < -0.39 is 0 Å². The third-order valence-corrected chi connectivity index (χ3v) is 6.76. The lowest BCUT2D eigenvalue weighted by Crippen LogP contribution is -2.38. The van der Waals surface area contributed by atoms with Crippen LogP contribution >= 0.6 is 0 Å². The van der Waals surface area contributed by atoms with Crippen molar-refractivity contribution < 1.29 is 14.7 Å². The van der Waals surface area contributed by atoms with Gasteiger partial charge in [0.05, 0.1) is 12.2 Å². The molecular weight excluding hydrogens is 454 g/mol. The third-order valence-electron chi connectivity index (χ3n) is 6.76. The van der Waals surface area contributed by atoms with Crippen molar-refractivity contribution in [2.45, 2.75) is 25.7 Å². The first kappa shape index (κ1) is 25.2. The summed E-state index contributed by atoms with van der Waals surface area (Å²) in [7, 11) is 1.82. The van der Waals surface area contributed by atoms with Crippen LogP contribution in [-0.4, -0.2) is 60.1 Å². The van der Waals surface area contributed by atoms with Gasteiger partial charge in [0.1, 0.15) is 5.82 Å². The van der Waals surface area contributed by atoms with Gasteiger partial charge < -0.3 is 26.0 Å². The molecule has 2 aromatic carbocycles. The molecule has 8 heteroatoms. The minimum absolute atomic E-state index is 0.0232. The number of rotatable bonds is 7. The molecule has 188 valence electrons. The standard InChI is InChI=1S/C28H33N5O3/c1-19-3-4-22(28(36)33-13-11-21(12-14-33)20-5-8-24(29)9-6-20)17-25(19)31-27(35)23-7-10-26(30-18-23)32(2)15-16-34/h3-10,17-18,21,34H,11-16,29H2,1-2H3,(H,31,35). The number of carbonyl (C=O) groups excluding carboxylic acids is 2. The summed E-state index contributed by atoms with van der Waals surface area (Å²) in [5.74, 6) is 0.769. The largest absolute Gasteiger partial charge is 0.399 e. The number of aliphatic hydroxyl groups is 1. The number of hydrogen-bond donors (Lipinski definition) is 3. The predicted octanol–water partition coefficient (Wildman–Crippen LogP) is 3.67. The number of anilines is 3. The molecule has 0 spiro atoms. The summed E-state index contributed by atoms with van der Waals surface area (Å²) >= 11 is 0. The normalized spacial score (nSPS) is 13.9.